The second-order valence-corrected chi connectivity index (χ2v) is 7.91. The number of nitrogens with one attached hydrogen (secondary N) is 1. The zero-order valence-electron chi connectivity index (χ0n) is 19.2. The topological polar surface area (TPSA) is 134 Å². The van der Waals surface area contributed by atoms with Gasteiger partial charge in [-0.3, -0.25) is 9.59 Å². The van der Waals surface area contributed by atoms with Crippen molar-refractivity contribution in [1.29, 1.82) is 0 Å². The fraction of sp³-hybridized carbons (Fsp3) is 0.478. The Morgan fingerprint density at radius 2 is 1.66 bits per heavy atom. The number of hydrogen-bond donors (Lipinski definition) is 2. The number of benzene rings is 1. The molecule has 176 valence electrons. The number of carbonyl (C=O) groups excluding carboxylic acids is 4. The lowest BCUT2D eigenvalue weighted by molar-refractivity contribution is -0.151. The van der Waals surface area contributed by atoms with Crippen LogP contribution in [0, 0.1) is 5.92 Å². The van der Waals surface area contributed by atoms with Crippen molar-refractivity contribution in [2.45, 2.75) is 58.7 Å². The first-order chi connectivity index (χ1) is 14.9. The molecule has 0 radical (unpaired) electrons. The number of amides is 1. The maximum atomic E-state index is 12.5. The van der Waals surface area contributed by atoms with Crippen molar-refractivity contribution < 1.29 is 33.4 Å². The average molecular weight is 449 g/mol. The van der Waals surface area contributed by atoms with Crippen molar-refractivity contribution in [1.82, 2.24) is 5.32 Å². The van der Waals surface area contributed by atoms with Gasteiger partial charge in [-0.05, 0) is 37.5 Å². The molecule has 0 aliphatic carbocycles. The van der Waals surface area contributed by atoms with Crippen LogP contribution in [0.15, 0.2) is 36.4 Å². The number of rotatable bonds is 11. The van der Waals surface area contributed by atoms with Gasteiger partial charge in [0, 0.05) is 12.0 Å². The largest absolute Gasteiger partial charge is 0.469 e. The number of esters is 3. The lowest BCUT2D eigenvalue weighted by atomic mass is 10.0. The Kier molecular flexibility index (Phi) is 10.6. The van der Waals surface area contributed by atoms with Crippen LogP contribution in [0.2, 0.25) is 0 Å². The molecule has 1 amide bonds. The van der Waals surface area contributed by atoms with Crippen LogP contribution < -0.4 is 15.8 Å². The third-order valence-corrected chi connectivity index (χ3v) is 4.42. The third-order valence-electron chi connectivity index (χ3n) is 4.42. The van der Waals surface area contributed by atoms with E-state index in [1.807, 2.05) is 13.8 Å². The van der Waals surface area contributed by atoms with Gasteiger partial charge in [-0.25, -0.2) is 9.59 Å². The van der Waals surface area contributed by atoms with Crippen molar-refractivity contribution in [3.63, 3.8) is 0 Å². The minimum Gasteiger partial charge on any atom is -0.469 e. The Labute approximate surface area is 188 Å². The van der Waals surface area contributed by atoms with E-state index < -0.39 is 35.9 Å². The first kappa shape index (κ1) is 26.8. The van der Waals surface area contributed by atoms with Crippen molar-refractivity contribution in [2.24, 2.45) is 11.7 Å². The Morgan fingerprint density at radius 3 is 2.16 bits per heavy atom. The molecule has 0 aromatic heterocycles. The van der Waals surface area contributed by atoms with Crippen molar-refractivity contribution in [3.8, 4) is 5.75 Å². The molecule has 1 aromatic rings. The van der Waals surface area contributed by atoms with Gasteiger partial charge in [0.15, 0.2) is 0 Å². The van der Waals surface area contributed by atoms with E-state index in [9.17, 15) is 19.2 Å². The molecular formula is C23H32N2O7. The predicted octanol–water partition coefficient (Wildman–Crippen LogP) is 1.67. The summed E-state index contributed by atoms with van der Waals surface area (Å²) in [6, 6.07) is 4.68. The highest BCUT2D eigenvalue weighted by Crippen LogP contribution is 2.16. The standard InChI is InChI=1S/C23H32N2O7/c1-13(2)20(24)21(27)25-18(23(29)31-14(3)4)12-16-7-9-17(10-8-16)32-22(28)15(5)11-19(26)30-6/h7-10,13-14,18,20H,5,11-12,24H2,1-4,6H3,(H,25,27)/t18-,20-/m0/s1. The fourth-order valence-corrected chi connectivity index (χ4v) is 2.51. The van der Waals surface area contributed by atoms with E-state index in [-0.39, 0.29) is 36.2 Å². The van der Waals surface area contributed by atoms with Crippen molar-refractivity contribution >= 4 is 23.8 Å². The van der Waals surface area contributed by atoms with E-state index in [0.717, 1.165) is 0 Å². The summed E-state index contributed by atoms with van der Waals surface area (Å²) < 4.78 is 14.9. The summed E-state index contributed by atoms with van der Waals surface area (Å²) in [5.74, 6) is -2.23. The Bertz CT molecular complexity index is 831. The molecule has 0 saturated heterocycles. The van der Waals surface area contributed by atoms with E-state index in [1.54, 1.807) is 26.0 Å². The molecule has 0 bridgehead atoms. The predicted molar refractivity (Wildman–Crippen MR) is 118 cm³/mol. The summed E-state index contributed by atoms with van der Waals surface area (Å²) in [4.78, 5) is 48.1. The smallest absolute Gasteiger partial charge is 0.339 e. The molecule has 1 rings (SSSR count). The normalized spacial score (nSPS) is 12.6. The number of nitrogens with two attached hydrogens (primary N) is 1. The number of hydrogen-bond acceptors (Lipinski definition) is 8. The molecular weight excluding hydrogens is 416 g/mol. The van der Waals surface area contributed by atoms with Crippen LogP contribution in [0.5, 0.6) is 5.75 Å². The molecule has 32 heavy (non-hydrogen) atoms. The summed E-state index contributed by atoms with van der Waals surface area (Å²) in [6.07, 6.45) is -0.461. The van der Waals surface area contributed by atoms with Crippen LogP contribution in [0.3, 0.4) is 0 Å². The van der Waals surface area contributed by atoms with Crippen LogP contribution in [-0.2, 0) is 35.1 Å². The minimum atomic E-state index is -0.928. The Balaban J connectivity index is 2.86. The van der Waals surface area contributed by atoms with Gasteiger partial charge in [0.1, 0.15) is 11.8 Å². The van der Waals surface area contributed by atoms with Gasteiger partial charge >= 0.3 is 17.9 Å². The quantitative estimate of drug-likeness (QED) is 0.297. The molecule has 0 heterocycles. The van der Waals surface area contributed by atoms with Gasteiger partial charge in [0.2, 0.25) is 5.91 Å². The summed E-state index contributed by atoms with van der Waals surface area (Å²) in [7, 11) is 1.21. The lowest BCUT2D eigenvalue weighted by Gasteiger charge is -2.22. The molecule has 0 unspecified atom stereocenters. The van der Waals surface area contributed by atoms with E-state index in [0.29, 0.717) is 5.56 Å². The highest BCUT2D eigenvalue weighted by atomic mass is 16.5. The second kappa shape index (κ2) is 12.6. The van der Waals surface area contributed by atoms with Gasteiger partial charge in [-0.15, -0.1) is 0 Å². The maximum absolute atomic E-state index is 12.5. The SMILES string of the molecule is C=C(CC(=O)OC)C(=O)Oc1ccc(C[C@H](NC(=O)[C@@H](N)C(C)C)C(=O)OC(C)C)cc1. The van der Waals surface area contributed by atoms with E-state index >= 15 is 0 Å². The van der Waals surface area contributed by atoms with Crippen LogP contribution >= 0.6 is 0 Å². The van der Waals surface area contributed by atoms with Crippen LogP contribution in [0.25, 0.3) is 0 Å². The van der Waals surface area contributed by atoms with Crippen LogP contribution in [0.1, 0.15) is 39.7 Å². The lowest BCUT2D eigenvalue weighted by Crippen LogP contribution is -2.51. The molecule has 3 N–H and O–H groups in total. The van der Waals surface area contributed by atoms with E-state index in [2.05, 4.69) is 16.6 Å². The van der Waals surface area contributed by atoms with E-state index in [4.69, 9.17) is 15.2 Å². The fourth-order valence-electron chi connectivity index (χ4n) is 2.51. The Hall–Kier alpha value is -3.20. The molecule has 0 aliphatic heterocycles. The highest BCUT2D eigenvalue weighted by molar-refractivity contribution is 5.94. The number of methoxy groups -OCH3 is 1. The van der Waals surface area contributed by atoms with Crippen molar-refractivity contribution in [2.75, 3.05) is 7.11 Å². The highest BCUT2D eigenvalue weighted by Gasteiger charge is 2.27. The monoisotopic (exact) mass is 448 g/mol. The molecule has 9 heteroatoms. The zero-order chi connectivity index (χ0) is 24.4. The average Bonchev–Trinajstić information content (AvgIpc) is 2.72. The number of carbonyl (C=O) groups is 4. The second-order valence-electron chi connectivity index (χ2n) is 7.91. The summed E-state index contributed by atoms with van der Waals surface area (Å²) in [6.45, 7) is 10.6. The zero-order valence-corrected chi connectivity index (χ0v) is 19.2. The summed E-state index contributed by atoms with van der Waals surface area (Å²) in [5, 5.41) is 2.66. The molecule has 0 aliphatic rings. The van der Waals surface area contributed by atoms with Gasteiger partial charge in [0.25, 0.3) is 0 Å². The van der Waals surface area contributed by atoms with Gasteiger partial charge in [0.05, 0.1) is 25.7 Å². The molecule has 9 nitrogen and oxygen atoms in total. The van der Waals surface area contributed by atoms with Crippen LogP contribution in [-0.4, -0.2) is 49.1 Å². The first-order valence-electron chi connectivity index (χ1n) is 10.3. The third kappa shape index (κ3) is 8.89. The molecule has 2 atom stereocenters. The first-order valence-corrected chi connectivity index (χ1v) is 10.3. The van der Waals surface area contributed by atoms with Crippen molar-refractivity contribution in [3.05, 3.63) is 42.0 Å². The Morgan fingerprint density at radius 1 is 1.06 bits per heavy atom. The minimum absolute atomic E-state index is 0.0402. The molecule has 0 saturated carbocycles. The van der Waals surface area contributed by atoms with Crippen LogP contribution in [0.4, 0.5) is 0 Å². The number of ether oxygens (including phenoxy) is 3. The van der Waals surface area contributed by atoms with E-state index in [1.165, 1.54) is 19.2 Å². The maximum Gasteiger partial charge on any atom is 0.339 e. The summed E-state index contributed by atoms with van der Waals surface area (Å²) in [5.41, 5.74) is 6.54. The summed E-state index contributed by atoms with van der Waals surface area (Å²) >= 11 is 0. The van der Waals surface area contributed by atoms with Gasteiger partial charge in [-0.1, -0.05) is 32.6 Å². The molecule has 0 spiro atoms. The van der Waals surface area contributed by atoms with Gasteiger partial charge < -0.3 is 25.3 Å². The van der Waals surface area contributed by atoms with Gasteiger partial charge in [-0.2, -0.15) is 0 Å². The molecule has 0 fully saturated rings. The molecule has 1 aromatic carbocycles.